The molecule has 0 saturated carbocycles. The van der Waals surface area contributed by atoms with E-state index in [1.54, 1.807) is 0 Å². The van der Waals surface area contributed by atoms with Gasteiger partial charge in [0.1, 0.15) is 0 Å². The van der Waals surface area contributed by atoms with Crippen LogP contribution >= 0.6 is 47.0 Å². The van der Waals surface area contributed by atoms with Gasteiger partial charge >= 0.3 is 0 Å². The molecular formula is C22H28N2O5S4. The van der Waals surface area contributed by atoms with Crippen LogP contribution in [0.2, 0.25) is 0 Å². The maximum Gasteiger partial charge on any atom is 0.0707 e. The lowest BCUT2D eigenvalue weighted by atomic mass is 10.6. The second kappa shape index (κ2) is 12.5. The predicted octanol–water partition coefficient (Wildman–Crippen LogP) is 4.61. The van der Waals surface area contributed by atoms with Crippen molar-refractivity contribution in [1.29, 1.82) is 0 Å². The largest absolute Gasteiger partial charge is 0.377 e. The van der Waals surface area contributed by atoms with Crippen LogP contribution in [0.5, 0.6) is 0 Å². The van der Waals surface area contributed by atoms with Crippen molar-refractivity contribution in [2.45, 2.75) is 32.7 Å². The Morgan fingerprint density at radius 1 is 0.424 bits per heavy atom. The minimum atomic E-state index is 0.569. The molecule has 2 aromatic rings. The van der Waals surface area contributed by atoms with E-state index in [2.05, 4.69) is 33.9 Å². The zero-order chi connectivity index (χ0) is 22.3. The van der Waals surface area contributed by atoms with Gasteiger partial charge in [-0.15, -0.1) is 0 Å². The molecular weight excluding hydrogens is 501 g/mol. The molecule has 180 valence electrons. The number of rotatable bonds is 0. The third-order valence-electron chi connectivity index (χ3n) is 5.07. The average molecular weight is 529 g/mol. The summed E-state index contributed by atoms with van der Waals surface area (Å²) < 4.78 is 35.3. The van der Waals surface area contributed by atoms with Crippen LogP contribution in [-0.4, -0.2) is 75.2 Å². The Morgan fingerprint density at radius 3 is 1.00 bits per heavy atom. The van der Waals surface area contributed by atoms with E-state index in [0.29, 0.717) is 66.1 Å². The van der Waals surface area contributed by atoms with Gasteiger partial charge in [-0.25, -0.2) is 0 Å². The molecule has 7 nitrogen and oxygen atoms in total. The number of ether oxygens (including phenoxy) is 5. The lowest BCUT2D eigenvalue weighted by Gasteiger charge is -2.08. The van der Waals surface area contributed by atoms with Crippen molar-refractivity contribution in [3.63, 3.8) is 0 Å². The van der Waals surface area contributed by atoms with Gasteiger partial charge in [-0.3, -0.25) is 0 Å². The van der Waals surface area contributed by atoms with Crippen molar-refractivity contribution >= 4 is 47.0 Å². The summed E-state index contributed by atoms with van der Waals surface area (Å²) in [6.45, 7) is 7.72. The molecule has 33 heavy (non-hydrogen) atoms. The molecule has 0 aromatic carbocycles. The Balaban J connectivity index is 1.16. The molecule has 7 rings (SSSR count). The van der Waals surface area contributed by atoms with Crippen molar-refractivity contribution in [3.05, 3.63) is 33.3 Å². The summed E-state index contributed by atoms with van der Waals surface area (Å²) in [6.07, 6.45) is 8.94. The molecule has 0 atom stereocenters. The predicted molar refractivity (Wildman–Crippen MR) is 133 cm³/mol. The van der Waals surface area contributed by atoms with Gasteiger partial charge in [0.25, 0.3) is 0 Å². The van der Waals surface area contributed by atoms with Gasteiger partial charge in [0.15, 0.2) is 0 Å². The SMILES string of the molecule is c1c2c3cn1CCOCCOCCOCCOCCOCCn1cc4c(c1)SC(=C(S2)S3)S4. The minimum Gasteiger partial charge on any atom is -0.377 e. The van der Waals surface area contributed by atoms with Crippen LogP contribution in [0, 0.1) is 0 Å². The zero-order valence-corrected chi connectivity index (χ0v) is 21.6. The second-order valence-electron chi connectivity index (χ2n) is 7.49. The Kier molecular flexibility index (Phi) is 9.14. The average Bonchev–Trinajstić information content (AvgIpc) is 3.54. The van der Waals surface area contributed by atoms with E-state index in [0.717, 1.165) is 13.1 Å². The molecule has 0 fully saturated rings. The molecule has 5 aliphatic rings. The summed E-state index contributed by atoms with van der Waals surface area (Å²) in [6, 6.07) is 0. The van der Waals surface area contributed by atoms with E-state index in [1.165, 1.54) is 28.1 Å². The van der Waals surface area contributed by atoms with Gasteiger partial charge in [-0.05, 0) is 0 Å². The highest BCUT2D eigenvalue weighted by Gasteiger charge is 2.28. The first-order valence-corrected chi connectivity index (χ1v) is 14.4. The Hall–Kier alpha value is -0.500. The standard InChI is InChI=1S/C22H28N2O5S4/c1-3-25-5-7-27-9-11-29-12-10-28-8-6-26-4-2-24-15-19-20(16-24)33-22(32-19)21-30-17-13-23(1)14-18(17)31-21/h13-16H,1-12H2. The summed E-state index contributed by atoms with van der Waals surface area (Å²) in [5.74, 6) is 0. The van der Waals surface area contributed by atoms with Crippen LogP contribution in [0.1, 0.15) is 0 Å². The first-order valence-electron chi connectivity index (χ1n) is 11.1. The molecule has 0 radical (unpaired) electrons. The molecule has 11 heteroatoms. The van der Waals surface area contributed by atoms with Gasteiger partial charge in [0, 0.05) is 57.5 Å². The fourth-order valence-electron chi connectivity index (χ4n) is 3.43. The zero-order valence-electron chi connectivity index (χ0n) is 18.4. The van der Waals surface area contributed by atoms with Gasteiger partial charge < -0.3 is 32.8 Å². The van der Waals surface area contributed by atoms with E-state index in [-0.39, 0.29) is 0 Å². The fraction of sp³-hybridized carbons (Fsp3) is 0.545. The van der Waals surface area contributed by atoms with E-state index in [9.17, 15) is 0 Å². The highest BCUT2D eigenvalue weighted by molar-refractivity contribution is 8.30. The van der Waals surface area contributed by atoms with Gasteiger partial charge in [0.2, 0.25) is 0 Å². The molecule has 7 heterocycles. The number of thioether (sulfide) groups is 4. The highest BCUT2D eigenvalue weighted by atomic mass is 32.2. The Labute approximate surface area is 211 Å². The third kappa shape index (κ3) is 6.80. The van der Waals surface area contributed by atoms with E-state index >= 15 is 0 Å². The van der Waals surface area contributed by atoms with Gasteiger partial charge in [-0.1, -0.05) is 47.0 Å². The molecule has 0 saturated heterocycles. The molecule has 0 N–H and O–H groups in total. The van der Waals surface area contributed by atoms with E-state index in [4.69, 9.17) is 23.7 Å². The van der Waals surface area contributed by atoms with Crippen LogP contribution < -0.4 is 0 Å². The lowest BCUT2D eigenvalue weighted by Crippen LogP contribution is -2.14. The summed E-state index contributed by atoms with van der Waals surface area (Å²) in [7, 11) is 0. The quantitative estimate of drug-likeness (QED) is 0.488. The normalized spacial score (nSPS) is 21.7. The monoisotopic (exact) mass is 528 g/mol. The molecule has 2 aromatic heterocycles. The summed E-state index contributed by atoms with van der Waals surface area (Å²) in [4.78, 5) is 5.36. The van der Waals surface area contributed by atoms with Crippen molar-refractivity contribution in [2.24, 2.45) is 0 Å². The van der Waals surface area contributed by atoms with Crippen LogP contribution in [0.3, 0.4) is 0 Å². The minimum absolute atomic E-state index is 0.569. The molecule has 0 unspecified atom stereocenters. The lowest BCUT2D eigenvalue weighted by molar-refractivity contribution is -0.0119. The molecule has 0 spiro atoms. The van der Waals surface area contributed by atoms with Crippen molar-refractivity contribution in [3.8, 4) is 0 Å². The van der Waals surface area contributed by atoms with Crippen molar-refractivity contribution < 1.29 is 23.7 Å². The Morgan fingerprint density at radius 2 is 0.697 bits per heavy atom. The number of hydrogen-bond acceptors (Lipinski definition) is 9. The number of nitrogens with zero attached hydrogens (tertiary/aromatic N) is 2. The smallest absolute Gasteiger partial charge is 0.0707 e. The van der Waals surface area contributed by atoms with E-state index < -0.39 is 0 Å². The fourth-order valence-corrected chi connectivity index (χ4v) is 8.83. The first-order chi connectivity index (χ1) is 16.3. The van der Waals surface area contributed by atoms with E-state index in [1.807, 2.05) is 47.0 Å². The third-order valence-corrected chi connectivity index (χ3v) is 10.6. The molecule has 5 aliphatic heterocycles. The topological polar surface area (TPSA) is 56.0 Å². The molecule has 8 bridgehead atoms. The summed E-state index contributed by atoms with van der Waals surface area (Å²) >= 11 is 7.53. The first kappa shape index (κ1) is 24.2. The number of aromatic nitrogens is 2. The van der Waals surface area contributed by atoms with Crippen LogP contribution in [-0.2, 0) is 36.8 Å². The second-order valence-corrected chi connectivity index (χ2v) is 12.2. The van der Waals surface area contributed by atoms with Gasteiger partial charge in [0.05, 0.1) is 74.5 Å². The van der Waals surface area contributed by atoms with Crippen LogP contribution in [0.15, 0.2) is 52.8 Å². The molecule has 0 aliphatic carbocycles. The summed E-state index contributed by atoms with van der Waals surface area (Å²) in [5, 5.41) is 0. The highest BCUT2D eigenvalue weighted by Crippen LogP contribution is 2.61. The number of hydrogen-bond donors (Lipinski definition) is 0. The van der Waals surface area contributed by atoms with Crippen LogP contribution in [0.25, 0.3) is 0 Å². The van der Waals surface area contributed by atoms with Crippen molar-refractivity contribution in [2.75, 3.05) is 66.1 Å². The van der Waals surface area contributed by atoms with Gasteiger partial charge in [-0.2, -0.15) is 0 Å². The molecule has 0 amide bonds. The van der Waals surface area contributed by atoms with Crippen LogP contribution in [0.4, 0.5) is 0 Å². The Bertz CT molecular complexity index is 835. The maximum absolute atomic E-state index is 5.72. The summed E-state index contributed by atoms with van der Waals surface area (Å²) in [5.41, 5.74) is 0. The maximum atomic E-state index is 5.72. The van der Waals surface area contributed by atoms with Crippen molar-refractivity contribution in [1.82, 2.24) is 9.13 Å².